The fourth-order valence-electron chi connectivity index (χ4n) is 1.33. The van der Waals surface area contributed by atoms with Gasteiger partial charge >= 0.3 is 5.97 Å². The Hall–Kier alpha value is -1.46. The first-order valence-corrected chi connectivity index (χ1v) is 6.23. The van der Waals surface area contributed by atoms with Crippen molar-refractivity contribution in [2.45, 2.75) is 51.8 Å². The van der Waals surface area contributed by atoms with Gasteiger partial charge in [0.05, 0.1) is 0 Å². The topological polar surface area (TPSA) is 67.4 Å². The second-order valence-corrected chi connectivity index (χ2v) is 5.15. The number of allylic oxidation sites excluding steroid dienone is 1. The van der Waals surface area contributed by atoms with E-state index in [2.05, 4.69) is 24.0 Å². The Kier molecular flexibility index (Phi) is 6.65. The van der Waals surface area contributed by atoms with Crippen LogP contribution in [0.3, 0.4) is 0 Å². The lowest BCUT2D eigenvalue weighted by Crippen LogP contribution is -2.59. The van der Waals surface area contributed by atoms with Crippen LogP contribution in [0.2, 0.25) is 0 Å². The summed E-state index contributed by atoms with van der Waals surface area (Å²) < 4.78 is 5.12. The van der Waals surface area contributed by atoms with Crippen LogP contribution in [-0.4, -0.2) is 23.0 Å². The fraction of sp³-hybridized carbons (Fsp3) is 0.571. The lowest BCUT2D eigenvalue weighted by molar-refractivity contribution is -0.155. The van der Waals surface area contributed by atoms with E-state index >= 15 is 0 Å². The van der Waals surface area contributed by atoms with E-state index in [1.165, 1.54) is 6.08 Å². The Morgan fingerprint density at radius 1 is 1.16 bits per heavy atom. The molecule has 1 unspecified atom stereocenters. The first-order valence-electron chi connectivity index (χ1n) is 6.23. The molecule has 0 aliphatic carbocycles. The predicted octanol–water partition coefficient (Wildman–Crippen LogP) is 1.86. The van der Waals surface area contributed by atoms with E-state index in [1.54, 1.807) is 13.8 Å². The van der Waals surface area contributed by atoms with Crippen LogP contribution >= 0.6 is 0 Å². The fourth-order valence-corrected chi connectivity index (χ4v) is 1.33. The van der Waals surface area contributed by atoms with Crippen molar-refractivity contribution in [1.82, 2.24) is 10.9 Å². The molecule has 108 valence electrons. The molecule has 5 heteroatoms. The molecule has 0 radical (unpaired) electrons. The number of ketones is 1. The minimum Gasteiger partial charge on any atom is -0.440 e. The third kappa shape index (κ3) is 6.88. The quantitative estimate of drug-likeness (QED) is 0.289. The lowest BCUT2D eigenvalue weighted by atomic mass is 9.93. The van der Waals surface area contributed by atoms with Gasteiger partial charge < -0.3 is 4.74 Å². The Labute approximate surface area is 115 Å². The van der Waals surface area contributed by atoms with Gasteiger partial charge in [-0.15, -0.1) is 0 Å². The average molecular weight is 268 g/mol. The molecule has 2 N–H and O–H groups in total. The Balaban J connectivity index is 4.55. The molecule has 0 rings (SSSR count). The van der Waals surface area contributed by atoms with Crippen LogP contribution in [0.4, 0.5) is 0 Å². The second kappa shape index (κ2) is 7.21. The Bertz CT molecular complexity index is 364. The monoisotopic (exact) mass is 268 g/mol. The molecule has 0 spiro atoms. The van der Waals surface area contributed by atoms with E-state index in [1.807, 2.05) is 13.8 Å². The molecular formula is C14H24N2O3. The number of ether oxygens (including phenoxy) is 1. The number of nitrogens with one attached hydrogen (secondary N) is 2. The van der Waals surface area contributed by atoms with Crippen molar-refractivity contribution in [3.63, 3.8) is 0 Å². The largest absolute Gasteiger partial charge is 0.440 e. The van der Waals surface area contributed by atoms with Gasteiger partial charge in [-0.25, -0.2) is 15.6 Å². The molecule has 0 heterocycles. The summed E-state index contributed by atoms with van der Waals surface area (Å²) in [6.45, 7) is 14.1. The number of carbonyl (C=O) groups excluding carboxylic acids is 2. The van der Waals surface area contributed by atoms with Crippen LogP contribution in [0.5, 0.6) is 0 Å². The van der Waals surface area contributed by atoms with Crippen LogP contribution in [0.1, 0.15) is 40.5 Å². The molecule has 0 aromatic rings. The van der Waals surface area contributed by atoms with Crippen LogP contribution in [0.25, 0.3) is 0 Å². The first-order chi connectivity index (χ1) is 8.68. The van der Waals surface area contributed by atoms with Crippen LogP contribution in [0, 0.1) is 0 Å². The lowest BCUT2D eigenvalue weighted by Gasteiger charge is -2.34. The second-order valence-electron chi connectivity index (χ2n) is 5.15. The van der Waals surface area contributed by atoms with E-state index in [9.17, 15) is 9.59 Å². The third-order valence-corrected chi connectivity index (χ3v) is 2.76. The number of hydrazine groups is 1. The number of hydrogen-bond acceptors (Lipinski definition) is 5. The SMILES string of the molecule is C=CC(=O)CC(C)(CC)NNC(C)(C)OC(=O)C=C. The molecule has 0 aromatic heterocycles. The molecule has 0 aliphatic rings. The molecule has 0 saturated heterocycles. The summed E-state index contributed by atoms with van der Waals surface area (Å²) in [5.41, 5.74) is 4.62. The van der Waals surface area contributed by atoms with Gasteiger partial charge in [-0.05, 0) is 33.3 Å². The van der Waals surface area contributed by atoms with Gasteiger partial charge in [0, 0.05) is 18.0 Å². The van der Waals surface area contributed by atoms with E-state index in [4.69, 9.17) is 4.74 Å². The Morgan fingerprint density at radius 3 is 2.16 bits per heavy atom. The minimum absolute atomic E-state index is 0.0421. The molecule has 0 bridgehead atoms. The minimum atomic E-state index is -0.904. The van der Waals surface area contributed by atoms with Gasteiger partial charge in [0.25, 0.3) is 0 Å². The zero-order valence-electron chi connectivity index (χ0n) is 12.2. The molecule has 19 heavy (non-hydrogen) atoms. The molecule has 0 aromatic carbocycles. The van der Waals surface area contributed by atoms with Crippen molar-refractivity contribution in [1.29, 1.82) is 0 Å². The number of rotatable bonds is 9. The highest BCUT2D eigenvalue weighted by Crippen LogP contribution is 2.15. The highest BCUT2D eigenvalue weighted by atomic mass is 16.6. The molecule has 0 saturated carbocycles. The number of hydrogen-bond donors (Lipinski definition) is 2. The predicted molar refractivity (Wildman–Crippen MR) is 75.2 cm³/mol. The van der Waals surface area contributed by atoms with E-state index in [0.29, 0.717) is 6.42 Å². The van der Waals surface area contributed by atoms with Crippen molar-refractivity contribution in [3.8, 4) is 0 Å². The summed E-state index contributed by atoms with van der Waals surface area (Å²) in [5.74, 6) is -0.556. The van der Waals surface area contributed by atoms with Crippen molar-refractivity contribution < 1.29 is 14.3 Å². The molecule has 0 fully saturated rings. The van der Waals surface area contributed by atoms with Gasteiger partial charge in [0.15, 0.2) is 11.5 Å². The van der Waals surface area contributed by atoms with E-state index in [-0.39, 0.29) is 5.78 Å². The normalized spacial score (nSPS) is 14.3. The smallest absolute Gasteiger partial charge is 0.331 e. The summed E-state index contributed by atoms with van der Waals surface area (Å²) in [6, 6.07) is 0. The molecule has 0 aliphatic heterocycles. The van der Waals surface area contributed by atoms with Gasteiger partial charge in [-0.1, -0.05) is 20.1 Å². The van der Waals surface area contributed by atoms with Crippen molar-refractivity contribution in [2.24, 2.45) is 0 Å². The third-order valence-electron chi connectivity index (χ3n) is 2.76. The van der Waals surface area contributed by atoms with E-state index in [0.717, 1.165) is 12.5 Å². The van der Waals surface area contributed by atoms with Gasteiger partial charge in [0.1, 0.15) is 0 Å². The van der Waals surface area contributed by atoms with Crippen LogP contribution in [0.15, 0.2) is 25.3 Å². The zero-order chi connectivity index (χ0) is 15.1. The maximum absolute atomic E-state index is 11.5. The summed E-state index contributed by atoms with van der Waals surface area (Å²) in [6.07, 6.45) is 3.44. The number of carbonyl (C=O) groups is 2. The summed E-state index contributed by atoms with van der Waals surface area (Å²) in [4.78, 5) is 22.6. The summed E-state index contributed by atoms with van der Waals surface area (Å²) in [5, 5.41) is 0. The molecule has 0 amide bonds. The molecule has 5 nitrogen and oxygen atoms in total. The maximum atomic E-state index is 11.5. The number of esters is 1. The van der Waals surface area contributed by atoms with Crippen molar-refractivity contribution in [3.05, 3.63) is 25.3 Å². The van der Waals surface area contributed by atoms with Gasteiger partial charge in [0.2, 0.25) is 0 Å². The van der Waals surface area contributed by atoms with E-state index < -0.39 is 17.2 Å². The Morgan fingerprint density at radius 2 is 1.74 bits per heavy atom. The summed E-state index contributed by atoms with van der Waals surface area (Å²) in [7, 11) is 0. The zero-order valence-corrected chi connectivity index (χ0v) is 12.2. The first kappa shape index (κ1) is 17.5. The average Bonchev–Trinajstić information content (AvgIpc) is 2.36. The van der Waals surface area contributed by atoms with Gasteiger partial charge in [-0.3, -0.25) is 4.79 Å². The summed E-state index contributed by atoms with van der Waals surface area (Å²) >= 11 is 0. The highest BCUT2D eigenvalue weighted by Gasteiger charge is 2.28. The standard InChI is InChI=1S/C14H24N2O3/c1-7-11(17)10-14(6,9-3)16-15-13(4,5)19-12(18)8-2/h7-8,15-16H,1-2,9-10H2,3-6H3. The van der Waals surface area contributed by atoms with Crippen molar-refractivity contribution >= 4 is 11.8 Å². The molecule has 1 atom stereocenters. The highest BCUT2D eigenvalue weighted by molar-refractivity contribution is 5.89. The van der Waals surface area contributed by atoms with Crippen molar-refractivity contribution in [2.75, 3.05) is 0 Å². The van der Waals surface area contributed by atoms with Crippen LogP contribution in [-0.2, 0) is 14.3 Å². The van der Waals surface area contributed by atoms with Crippen LogP contribution < -0.4 is 10.9 Å². The maximum Gasteiger partial charge on any atom is 0.331 e. The van der Waals surface area contributed by atoms with Gasteiger partial charge in [-0.2, -0.15) is 0 Å². The molecular weight excluding hydrogens is 244 g/mol.